The molecule has 0 fully saturated rings. The Hall–Kier alpha value is -0.920. The average Bonchev–Trinajstić information content (AvgIpc) is 3.06. The molecule has 9 heteroatoms. The molecule has 0 saturated carbocycles. The van der Waals surface area contributed by atoms with Crippen LogP contribution in [0.5, 0.6) is 0 Å². The quantitative estimate of drug-likeness (QED) is 0.0204. The molecule has 0 heterocycles. The maximum atomic E-state index is 12.6. The number of allylic oxidation sites excluding steroid dienone is 1. The fourth-order valence-corrected chi connectivity index (χ4v) is 6.59. The molecule has 0 rings (SSSR count). The van der Waals surface area contributed by atoms with Gasteiger partial charge in [-0.15, -0.1) is 0 Å². The summed E-state index contributed by atoms with van der Waals surface area (Å²) in [5, 5.41) is 0. The molecule has 0 aromatic rings. The molecule has 0 saturated heterocycles. The van der Waals surface area contributed by atoms with Crippen molar-refractivity contribution in [2.75, 3.05) is 47.5 Å². The maximum absolute atomic E-state index is 12.6. The van der Waals surface area contributed by atoms with Crippen molar-refractivity contribution in [3.05, 3.63) is 12.3 Å². The van der Waals surface area contributed by atoms with Gasteiger partial charge in [0.2, 0.25) is 0 Å². The average molecular weight is 732 g/mol. The lowest BCUT2D eigenvalue weighted by Gasteiger charge is -2.28. The lowest BCUT2D eigenvalue weighted by atomic mass is 10.0. The molecule has 0 aliphatic carbocycles. The molecule has 0 aromatic carbocycles. The summed E-state index contributed by atoms with van der Waals surface area (Å²) in [7, 11) is 1.33. The van der Waals surface area contributed by atoms with Gasteiger partial charge in [-0.1, -0.05) is 168 Å². The highest BCUT2D eigenvalue weighted by Crippen LogP contribution is 2.38. The van der Waals surface area contributed by atoms with Crippen LogP contribution >= 0.6 is 7.82 Å². The Morgan fingerprint density at radius 3 is 1.48 bits per heavy atom. The van der Waals surface area contributed by atoms with E-state index in [4.69, 9.17) is 18.5 Å². The van der Waals surface area contributed by atoms with Crippen LogP contribution in [0.25, 0.3) is 0 Å². The van der Waals surface area contributed by atoms with Crippen LogP contribution in [0.3, 0.4) is 0 Å². The summed E-state index contributed by atoms with van der Waals surface area (Å²) in [6.07, 6.45) is 37.3. The predicted molar refractivity (Wildman–Crippen MR) is 208 cm³/mol. The van der Waals surface area contributed by atoms with Gasteiger partial charge in [-0.25, -0.2) is 0 Å². The van der Waals surface area contributed by atoms with Gasteiger partial charge in [0.25, 0.3) is 7.82 Å². The fraction of sp³-hybridized carbons (Fsp3) is 0.927. The topological polar surface area (TPSA) is 94.1 Å². The van der Waals surface area contributed by atoms with Crippen molar-refractivity contribution < 1.29 is 37.3 Å². The first-order chi connectivity index (χ1) is 24.1. The van der Waals surface area contributed by atoms with Gasteiger partial charge in [0, 0.05) is 6.42 Å². The van der Waals surface area contributed by atoms with Gasteiger partial charge in [-0.05, 0) is 25.3 Å². The van der Waals surface area contributed by atoms with E-state index in [9.17, 15) is 14.3 Å². The number of ether oxygens (including phenoxy) is 2. The smallest absolute Gasteiger partial charge is 0.306 e. The molecule has 0 aliphatic heterocycles. The Labute approximate surface area is 310 Å². The molecule has 2 atom stereocenters. The van der Waals surface area contributed by atoms with E-state index in [1.54, 1.807) is 6.26 Å². The third-order valence-corrected chi connectivity index (χ3v) is 10.1. The summed E-state index contributed by atoms with van der Waals surface area (Å²) in [6.45, 7) is 4.75. The molecule has 1 unspecified atom stereocenters. The normalized spacial score (nSPS) is 13.9. The molecule has 8 nitrogen and oxygen atoms in total. The highest BCUT2D eigenvalue weighted by atomic mass is 31.2. The van der Waals surface area contributed by atoms with Gasteiger partial charge < -0.3 is 27.9 Å². The van der Waals surface area contributed by atoms with E-state index in [0.717, 1.165) is 32.1 Å². The van der Waals surface area contributed by atoms with Crippen molar-refractivity contribution in [3.8, 4) is 0 Å². The van der Waals surface area contributed by atoms with E-state index in [2.05, 4.69) is 13.8 Å². The molecular weight excluding hydrogens is 649 g/mol. The molecule has 0 aromatic heterocycles. The third-order valence-electron chi connectivity index (χ3n) is 9.16. The maximum Gasteiger partial charge on any atom is 0.306 e. The zero-order valence-electron chi connectivity index (χ0n) is 33.6. The minimum absolute atomic E-state index is 0.0201. The molecule has 0 radical (unpaired) electrons. The van der Waals surface area contributed by atoms with E-state index in [1.807, 2.05) is 27.2 Å². The number of hydrogen-bond donors (Lipinski definition) is 0. The Balaban J connectivity index is 4.29. The van der Waals surface area contributed by atoms with Crippen LogP contribution in [0, 0.1) is 0 Å². The van der Waals surface area contributed by atoms with E-state index < -0.39 is 13.9 Å². The van der Waals surface area contributed by atoms with E-state index >= 15 is 0 Å². The van der Waals surface area contributed by atoms with Crippen LogP contribution in [-0.2, 0) is 27.9 Å². The van der Waals surface area contributed by atoms with Crippen LogP contribution < -0.4 is 4.89 Å². The van der Waals surface area contributed by atoms with Crippen molar-refractivity contribution in [3.63, 3.8) is 0 Å². The number of carbonyl (C=O) groups excluding carboxylic acids is 1. The summed E-state index contributed by atoms with van der Waals surface area (Å²) < 4.78 is 34.3. The summed E-state index contributed by atoms with van der Waals surface area (Å²) >= 11 is 0. The van der Waals surface area contributed by atoms with Crippen molar-refractivity contribution in [2.45, 2.75) is 200 Å². The van der Waals surface area contributed by atoms with Crippen LogP contribution in [0.4, 0.5) is 0 Å². The van der Waals surface area contributed by atoms with Crippen molar-refractivity contribution >= 4 is 13.8 Å². The SMILES string of the molecule is CCCCCCCCCCCCCC/C=C/OC[C@H](COP(=O)([O-])OCC[N+](C)(C)C)OC(=O)CCCCCCCCCCCCCCCC. The second-order valence-electron chi connectivity index (χ2n) is 15.4. The summed E-state index contributed by atoms with van der Waals surface area (Å²) in [6, 6.07) is 0. The van der Waals surface area contributed by atoms with Crippen LogP contribution in [0.1, 0.15) is 194 Å². The Morgan fingerprint density at radius 1 is 0.620 bits per heavy atom. The van der Waals surface area contributed by atoms with Crippen LogP contribution in [0.2, 0.25) is 0 Å². The Bertz CT molecular complexity index is 817. The van der Waals surface area contributed by atoms with Gasteiger partial charge >= 0.3 is 5.97 Å². The molecular formula is C41H82NO7P. The predicted octanol–water partition coefficient (Wildman–Crippen LogP) is 11.6. The first-order valence-corrected chi connectivity index (χ1v) is 22.4. The number of nitrogens with zero attached hydrogens (tertiary/aromatic N) is 1. The number of quaternary nitrogens is 1. The van der Waals surface area contributed by atoms with Gasteiger partial charge in [0.15, 0.2) is 6.10 Å². The molecule has 0 aliphatic rings. The minimum Gasteiger partial charge on any atom is -0.756 e. The zero-order chi connectivity index (χ0) is 37.0. The molecule has 0 spiro atoms. The van der Waals surface area contributed by atoms with Crippen molar-refractivity contribution in [1.29, 1.82) is 0 Å². The van der Waals surface area contributed by atoms with Gasteiger partial charge in [0.1, 0.15) is 19.8 Å². The van der Waals surface area contributed by atoms with E-state index in [-0.39, 0.29) is 25.8 Å². The monoisotopic (exact) mass is 732 g/mol. The molecule has 0 N–H and O–H groups in total. The van der Waals surface area contributed by atoms with Crippen molar-refractivity contribution in [1.82, 2.24) is 0 Å². The summed E-state index contributed by atoms with van der Waals surface area (Å²) in [4.78, 5) is 24.9. The van der Waals surface area contributed by atoms with Crippen LogP contribution in [0.15, 0.2) is 12.3 Å². The molecule has 298 valence electrons. The third kappa shape index (κ3) is 38.3. The number of rotatable bonds is 39. The zero-order valence-corrected chi connectivity index (χ0v) is 34.5. The lowest BCUT2D eigenvalue weighted by Crippen LogP contribution is -2.37. The van der Waals surface area contributed by atoms with Gasteiger partial charge in [0.05, 0.1) is 34.0 Å². The number of hydrogen-bond acceptors (Lipinski definition) is 7. The largest absolute Gasteiger partial charge is 0.756 e. The minimum atomic E-state index is -4.53. The van der Waals surface area contributed by atoms with Crippen molar-refractivity contribution in [2.24, 2.45) is 0 Å². The molecule has 0 amide bonds. The Kier molecular flexibility index (Phi) is 34.5. The highest BCUT2D eigenvalue weighted by Gasteiger charge is 2.20. The first kappa shape index (κ1) is 49.1. The Morgan fingerprint density at radius 2 is 1.04 bits per heavy atom. The summed E-state index contributed by atoms with van der Waals surface area (Å²) in [5.74, 6) is -0.353. The lowest BCUT2D eigenvalue weighted by molar-refractivity contribution is -0.870. The van der Waals surface area contributed by atoms with Gasteiger partial charge in [-0.3, -0.25) is 9.36 Å². The van der Waals surface area contributed by atoms with Gasteiger partial charge in [-0.2, -0.15) is 0 Å². The second kappa shape index (κ2) is 35.1. The highest BCUT2D eigenvalue weighted by molar-refractivity contribution is 7.45. The van der Waals surface area contributed by atoms with Crippen LogP contribution in [-0.4, -0.2) is 64.1 Å². The number of phosphoric acid groups is 1. The number of unbranched alkanes of at least 4 members (excludes halogenated alkanes) is 25. The number of esters is 1. The number of carbonyl (C=O) groups is 1. The fourth-order valence-electron chi connectivity index (χ4n) is 5.87. The van der Waals surface area contributed by atoms with E-state index in [0.29, 0.717) is 17.4 Å². The van der Waals surface area contributed by atoms with E-state index in [1.165, 1.54) is 141 Å². The summed E-state index contributed by atoms with van der Waals surface area (Å²) in [5.41, 5.74) is 0. The first-order valence-electron chi connectivity index (χ1n) is 21.0. The standard InChI is InChI=1S/C41H82NO7P/c1-6-8-10-12-14-16-18-20-22-24-26-28-30-32-34-41(43)49-40(39-48-50(44,45)47-37-35-42(3,4)5)38-46-36-33-31-29-27-25-23-21-19-17-15-13-11-9-7-2/h33,36,40H,6-32,34-35,37-39H2,1-5H3/b36-33+/t40-/m1/s1. The molecule has 0 bridgehead atoms. The molecule has 50 heavy (non-hydrogen) atoms. The number of phosphoric ester groups is 1. The number of likely N-dealkylation sites (N-methyl/N-ethyl adjacent to an activating group) is 1. The second-order valence-corrected chi connectivity index (χ2v) is 16.8.